The van der Waals surface area contributed by atoms with Crippen molar-refractivity contribution in [2.45, 2.75) is 12.1 Å². The van der Waals surface area contributed by atoms with Crippen molar-refractivity contribution in [1.82, 2.24) is 20.2 Å². The van der Waals surface area contributed by atoms with Gasteiger partial charge in [-0.2, -0.15) is 5.10 Å². The molecule has 4 aromatic rings. The maximum atomic E-state index is 12.5. The zero-order valence-corrected chi connectivity index (χ0v) is 22.3. The van der Waals surface area contributed by atoms with Gasteiger partial charge in [0.2, 0.25) is 0 Å². The third-order valence-corrected chi connectivity index (χ3v) is 6.38. The second-order valence-electron chi connectivity index (χ2n) is 7.57. The normalized spacial score (nSPS) is 10.9. The highest BCUT2D eigenvalue weighted by Crippen LogP contribution is 2.29. The van der Waals surface area contributed by atoms with Gasteiger partial charge in [0, 0.05) is 22.6 Å². The molecular formula is C26H22BrN5O4S. The summed E-state index contributed by atoms with van der Waals surface area (Å²) in [4.78, 5) is 23.7. The minimum Gasteiger partial charge on any atom is -0.493 e. The number of rotatable bonds is 9. The van der Waals surface area contributed by atoms with Crippen molar-refractivity contribution in [3.05, 3.63) is 82.8 Å². The number of aromatic nitrogens is 3. The number of methoxy groups -OCH3 is 1. The summed E-state index contributed by atoms with van der Waals surface area (Å²) in [6.45, 7) is 1.31. The molecular weight excluding hydrogens is 558 g/mol. The molecule has 0 unspecified atom stereocenters. The second kappa shape index (κ2) is 12.3. The first-order chi connectivity index (χ1) is 17.9. The van der Waals surface area contributed by atoms with Crippen molar-refractivity contribution in [1.29, 1.82) is 0 Å². The van der Waals surface area contributed by atoms with Crippen molar-refractivity contribution < 1.29 is 19.1 Å². The molecule has 11 heteroatoms. The molecule has 1 heterocycles. The summed E-state index contributed by atoms with van der Waals surface area (Å²) in [5.74, 6) is 0.678. The van der Waals surface area contributed by atoms with Crippen LogP contribution in [0, 0.1) is 0 Å². The van der Waals surface area contributed by atoms with Crippen molar-refractivity contribution >= 4 is 45.8 Å². The first kappa shape index (κ1) is 26.1. The van der Waals surface area contributed by atoms with Crippen LogP contribution in [0.3, 0.4) is 0 Å². The number of hydrazone groups is 1. The van der Waals surface area contributed by atoms with Crippen LogP contribution in [0.2, 0.25) is 0 Å². The highest BCUT2D eigenvalue weighted by Gasteiger charge is 2.17. The van der Waals surface area contributed by atoms with Gasteiger partial charge in [0.25, 0.3) is 5.91 Å². The molecule has 0 saturated carbocycles. The molecule has 37 heavy (non-hydrogen) atoms. The number of thioether (sulfide) groups is 1. The Bertz CT molecular complexity index is 1420. The Morgan fingerprint density at radius 1 is 1.05 bits per heavy atom. The first-order valence-electron chi connectivity index (χ1n) is 11.0. The molecule has 1 aromatic heterocycles. The lowest BCUT2D eigenvalue weighted by atomic mass is 10.2. The Labute approximate surface area is 226 Å². The molecule has 188 valence electrons. The third-order valence-electron chi connectivity index (χ3n) is 4.93. The number of ether oxygens (including phenoxy) is 2. The van der Waals surface area contributed by atoms with Crippen LogP contribution in [0.4, 0.5) is 0 Å². The summed E-state index contributed by atoms with van der Waals surface area (Å²) in [7, 11) is 1.47. The number of carbonyl (C=O) groups excluding carboxylic acids is 2. The van der Waals surface area contributed by atoms with Gasteiger partial charge >= 0.3 is 5.97 Å². The van der Waals surface area contributed by atoms with E-state index in [2.05, 4.69) is 36.7 Å². The predicted octanol–water partition coefficient (Wildman–Crippen LogP) is 4.87. The Morgan fingerprint density at radius 2 is 1.81 bits per heavy atom. The fraction of sp³-hybridized carbons (Fsp3) is 0.115. The molecule has 0 spiro atoms. The summed E-state index contributed by atoms with van der Waals surface area (Å²) in [6.07, 6.45) is 1.47. The number of amides is 1. The number of esters is 1. The summed E-state index contributed by atoms with van der Waals surface area (Å²) >= 11 is 4.71. The average Bonchev–Trinajstić information content (AvgIpc) is 3.33. The van der Waals surface area contributed by atoms with Crippen molar-refractivity contribution in [3.63, 3.8) is 0 Å². The van der Waals surface area contributed by atoms with E-state index < -0.39 is 5.97 Å². The van der Waals surface area contributed by atoms with Gasteiger partial charge in [0.15, 0.2) is 22.5 Å². The number of para-hydroxylation sites is 1. The minimum atomic E-state index is -0.448. The molecule has 1 N–H and O–H groups in total. The van der Waals surface area contributed by atoms with Gasteiger partial charge in [-0.25, -0.2) is 5.43 Å². The number of halogens is 1. The van der Waals surface area contributed by atoms with Gasteiger partial charge in [-0.05, 0) is 48.0 Å². The van der Waals surface area contributed by atoms with Gasteiger partial charge in [0.1, 0.15) is 0 Å². The highest BCUT2D eigenvalue weighted by molar-refractivity contribution is 9.10. The van der Waals surface area contributed by atoms with Crippen LogP contribution < -0.4 is 14.9 Å². The summed E-state index contributed by atoms with van der Waals surface area (Å²) in [5, 5.41) is 13.3. The molecule has 0 aliphatic heterocycles. The van der Waals surface area contributed by atoms with E-state index in [0.29, 0.717) is 28.0 Å². The van der Waals surface area contributed by atoms with Crippen LogP contribution in [0.25, 0.3) is 17.1 Å². The van der Waals surface area contributed by atoms with E-state index in [4.69, 9.17) is 9.47 Å². The van der Waals surface area contributed by atoms with Crippen LogP contribution in [0.1, 0.15) is 12.5 Å². The molecule has 0 radical (unpaired) electrons. The Hall–Kier alpha value is -3.96. The Kier molecular flexibility index (Phi) is 8.70. The van der Waals surface area contributed by atoms with E-state index in [0.717, 1.165) is 15.7 Å². The number of carbonyl (C=O) groups is 2. The number of nitrogens with one attached hydrogen (secondary N) is 1. The predicted molar refractivity (Wildman–Crippen MR) is 145 cm³/mol. The van der Waals surface area contributed by atoms with Crippen LogP contribution in [-0.4, -0.2) is 45.7 Å². The van der Waals surface area contributed by atoms with Gasteiger partial charge in [0.05, 0.1) is 19.1 Å². The van der Waals surface area contributed by atoms with Crippen LogP contribution in [0.15, 0.2) is 87.5 Å². The van der Waals surface area contributed by atoms with Gasteiger partial charge in [-0.15, -0.1) is 10.2 Å². The van der Waals surface area contributed by atoms with E-state index in [1.54, 1.807) is 18.2 Å². The van der Waals surface area contributed by atoms with Crippen molar-refractivity contribution in [3.8, 4) is 28.6 Å². The second-order valence-corrected chi connectivity index (χ2v) is 9.43. The van der Waals surface area contributed by atoms with E-state index in [1.165, 1.54) is 32.0 Å². The molecule has 9 nitrogen and oxygen atoms in total. The highest BCUT2D eigenvalue weighted by atomic mass is 79.9. The van der Waals surface area contributed by atoms with Crippen molar-refractivity contribution in [2.75, 3.05) is 12.9 Å². The number of hydrogen-bond acceptors (Lipinski definition) is 8. The van der Waals surface area contributed by atoms with Crippen LogP contribution in [0.5, 0.6) is 11.5 Å². The zero-order chi connectivity index (χ0) is 26.2. The lowest BCUT2D eigenvalue weighted by Gasteiger charge is -2.10. The number of nitrogens with zero attached hydrogens (tertiary/aromatic N) is 4. The Morgan fingerprint density at radius 3 is 2.51 bits per heavy atom. The molecule has 0 saturated heterocycles. The lowest BCUT2D eigenvalue weighted by molar-refractivity contribution is -0.132. The monoisotopic (exact) mass is 579 g/mol. The van der Waals surface area contributed by atoms with E-state index in [1.807, 2.05) is 59.2 Å². The lowest BCUT2D eigenvalue weighted by Crippen LogP contribution is -2.20. The molecule has 0 aliphatic carbocycles. The topological polar surface area (TPSA) is 108 Å². The van der Waals surface area contributed by atoms with E-state index >= 15 is 0 Å². The molecule has 0 bridgehead atoms. The molecule has 3 aromatic carbocycles. The van der Waals surface area contributed by atoms with E-state index in [9.17, 15) is 9.59 Å². The maximum Gasteiger partial charge on any atom is 0.308 e. The molecule has 0 atom stereocenters. The molecule has 1 amide bonds. The van der Waals surface area contributed by atoms with Gasteiger partial charge < -0.3 is 9.47 Å². The van der Waals surface area contributed by atoms with Crippen molar-refractivity contribution in [2.24, 2.45) is 5.10 Å². The Balaban J connectivity index is 1.44. The first-order valence-corrected chi connectivity index (χ1v) is 12.8. The number of benzene rings is 3. The molecule has 0 fully saturated rings. The minimum absolute atomic E-state index is 0.0807. The largest absolute Gasteiger partial charge is 0.493 e. The average molecular weight is 580 g/mol. The summed E-state index contributed by atoms with van der Waals surface area (Å²) in [5.41, 5.74) is 4.95. The smallest absolute Gasteiger partial charge is 0.308 e. The number of hydrogen-bond donors (Lipinski definition) is 1. The molecule has 0 aliphatic rings. The van der Waals surface area contributed by atoms with Crippen LogP contribution in [-0.2, 0) is 9.59 Å². The fourth-order valence-electron chi connectivity index (χ4n) is 3.30. The third kappa shape index (κ3) is 6.83. The van der Waals surface area contributed by atoms with Gasteiger partial charge in [-0.3, -0.25) is 14.2 Å². The summed E-state index contributed by atoms with van der Waals surface area (Å²) in [6, 6.07) is 22.5. The summed E-state index contributed by atoms with van der Waals surface area (Å²) < 4.78 is 13.2. The maximum absolute atomic E-state index is 12.5. The quantitative estimate of drug-likeness (QED) is 0.0990. The van der Waals surface area contributed by atoms with Crippen LogP contribution >= 0.6 is 27.7 Å². The fourth-order valence-corrected chi connectivity index (χ4v) is 4.31. The SMILES string of the molecule is COc1cc(/C=N\NC(=O)CSc2nnc(-c3ccc(Br)cc3)n2-c2ccccc2)ccc1OC(C)=O. The van der Waals surface area contributed by atoms with E-state index in [-0.39, 0.29) is 11.7 Å². The standard InChI is InChI=1S/C26H22BrN5O4S/c1-17(33)36-22-13-8-18(14-23(22)35-2)15-28-29-24(34)16-37-26-31-30-25(19-9-11-20(27)12-10-19)32(26)21-6-4-3-5-7-21/h3-15H,16H2,1-2H3,(H,29,34)/b28-15-. The van der Waals surface area contributed by atoms with Gasteiger partial charge in [-0.1, -0.05) is 58.0 Å². The zero-order valence-electron chi connectivity index (χ0n) is 19.9. The molecule has 4 rings (SSSR count).